The van der Waals surface area contributed by atoms with E-state index in [2.05, 4.69) is 15.3 Å². The number of carbonyl (C=O) groups is 1. The van der Waals surface area contributed by atoms with E-state index in [9.17, 15) is 4.79 Å². The van der Waals surface area contributed by atoms with Gasteiger partial charge in [-0.3, -0.25) is 0 Å². The van der Waals surface area contributed by atoms with Gasteiger partial charge in [0.15, 0.2) is 12.4 Å². The van der Waals surface area contributed by atoms with Crippen molar-refractivity contribution < 1.29 is 14.6 Å². The second-order valence-corrected chi connectivity index (χ2v) is 5.94. The summed E-state index contributed by atoms with van der Waals surface area (Å²) in [5.74, 6) is -0.00898. The van der Waals surface area contributed by atoms with Gasteiger partial charge in [-0.25, -0.2) is 9.89 Å². The molecule has 0 atom stereocenters. The monoisotopic (exact) mass is 360 g/mol. The fourth-order valence-corrected chi connectivity index (χ4v) is 2.82. The van der Waals surface area contributed by atoms with E-state index in [0.717, 1.165) is 4.88 Å². The average Bonchev–Trinajstić information content (AvgIpc) is 3.21. The maximum Gasteiger partial charge on any atom is 0.341 e. The first-order valence-electron chi connectivity index (χ1n) is 6.84. The number of aromatic nitrogens is 3. The smallest absolute Gasteiger partial charge is 0.341 e. The highest BCUT2D eigenvalue weighted by atomic mass is 32.1. The zero-order valence-corrected chi connectivity index (χ0v) is 13.9. The first kappa shape index (κ1) is 16.1. The van der Waals surface area contributed by atoms with Crippen LogP contribution in [-0.4, -0.2) is 38.8 Å². The largest absolute Gasteiger partial charge is 0.481 e. The molecule has 0 amide bonds. The van der Waals surface area contributed by atoms with E-state index in [1.807, 2.05) is 23.6 Å². The first-order chi connectivity index (χ1) is 11.6. The standard InChI is InChI=1S/C15H12N4O3S2/c20-13(21)9-22-11-5-2-1-4-10(11)8-16-19-14(17-18-15(19)23)12-6-3-7-24-12/h1-8H,9H2,(H,18,23)(H,20,21)/b16-8-. The molecule has 24 heavy (non-hydrogen) atoms. The molecule has 3 aromatic rings. The SMILES string of the molecule is O=C(O)COc1ccccc1/C=N\n1c(-c2cccs2)n[nH]c1=S. The van der Waals surface area contributed by atoms with Crippen LogP contribution in [0.1, 0.15) is 5.56 Å². The Hall–Kier alpha value is -2.78. The zero-order chi connectivity index (χ0) is 16.9. The van der Waals surface area contributed by atoms with Crippen molar-refractivity contribution in [3.8, 4) is 16.5 Å². The lowest BCUT2D eigenvalue weighted by molar-refractivity contribution is -0.139. The third kappa shape index (κ3) is 3.58. The zero-order valence-electron chi connectivity index (χ0n) is 12.2. The van der Waals surface area contributed by atoms with Crippen molar-refractivity contribution >= 4 is 35.7 Å². The molecule has 0 saturated carbocycles. The summed E-state index contributed by atoms with van der Waals surface area (Å²) in [6.07, 6.45) is 1.56. The van der Waals surface area contributed by atoms with Crippen LogP contribution < -0.4 is 4.74 Å². The summed E-state index contributed by atoms with van der Waals surface area (Å²) >= 11 is 6.73. The van der Waals surface area contributed by atoms with Crippen LogP contribution in [0.5, 0.6) is 5.75 Å². The fourth-order valence-electron chi connectivity index (χ4n) is 1.94. The molecule has 0 aliphatic rings. The Labute approximate surface area is 145 Å². The summed E-state index contributed by atoms with van der Waals surface area (Å²) < 4.78 is 7.12. The van der Waals surface area contributed by atoms with Gasteiger partial charge in [0.05, 0.1) is 11.1 Å². The van der Waals surface area contributed by atoms with Gasteiger partial charge in [-0.15, -0.1) is 11.3 Å². The van der Waals surface area contributed by atoms with Gasteiger partial charge in [-0.2, -0.15) is 14.9 Å². The van der Waals surface area contributed by atoms with Gasteiger partial charge >= 0.3 is 5.97 Å². The van der Waals surface area contributed by atoms with Gasteiger partial charge in [0, 0.05) is 5.56 Å². The number of carboxylic acids is 1. The van der Waals surface area contributed by atoms with Crippen molar-refractivity contribution in [1.29, 1.82) is 0 Å². The first-order valence-corrected chi connectivity index (χ1v) is 8.13. The Kier molecular flexibility index (Phi) is 4.82. The highest BCUT2D eigenvalue weighted by molar-refractivity contribution is 7.71. The number of hydrogen-bond acceptors (Lipinski definition) is 6. The van der Waals surface area contributed by atoms with Gasteiger partial charge in [-0.1, -0.05) is 18.2 Å². The molecule has 3 rings (SSSR count). The summed E-state index contributed by atoms with van der Waals surface area (Å²) in [7, 11) is 0. The van der Waals surface area contributed by atoms with E-state index >= 15 is 0 Å². The Morgan fingerprint density at radius 3 is 3.00 bits per heavy atom. The Balaban J connectivity index is 1.91. The van der Waals surface area contributed by atoms with Crippen LogP contribution in [0.4, 0.5) is 0 Å². The molecule has 2 N–H and O–H groups in total. The summed E-state index contributed by atoms with van der Waals surface area (Å²) in [4.78, 5) is 11.6. The van der Waals surface area contributed by atoms with E-state index in [1.54, 1.807) is 24.4 Å². The van der Waals surface area contributed by atoms with Crippen molar-refractivity contribution in [1.82, 2.24) is 14.9 Å². The summed E-state index contributed by atoms with van der Waals surface area (Å²) in [5, 5.41) is 21.9. The molecule has 0 aliphatic carbocycles. The third-order valence-corrected chi connectivity index (χ3v) is 4.10. The van der Waals surface area contributed by atoms with Crippen LogP contribution in [0.25, 0.3) is 10.7 Å². The summed E-state index contributed by atoms with van der Waals surface area (Å²) in [6, 6.07) is 10.9. The van der Waals surface area contributed by atoms with Gasteiger partial charge in [0.25, 0.3) is 0 Å². The fraction of sp³-hybridized carbons (Fsp3) is 0.0667. The molecule has 7 nitrogen and oxygen atoms in total. The number of rotatable bonds is 6. The molecular weight excluding hydrogens is 348 g/mol. The minimum atomic E-state index is -1.04. The van der Waals surface area contributed by atoms with Crippen molar-refractivity contribution in [3.05, 3.63) is 52.1 Å². The van der Waals surface area contributed by atoms with Crippen molar-refractivity contribution in [2.45, 2.75) is 0 Å². The van der Waals surface area contributed by atoms with Gasteiger partial charge in [0.2, 0.25) is 4.77 Å². The van der Waals surface area contributed by atoms with Crippen LogP contribution >= 0.6 is 23.6 Å². The number of carboxylic acid groups (broad SMARTS) is 1. The van der Waals surface area contributed by atoms with E-state index in [-0.39, 0.29) is 0 Å². The van der Waals surface area contributed by atoms with Crippen LogP contribution in [0.2, 0.25) is 0 Å². The topological polar surface area (TPSA) is 92.5 Å². The minimum absolute atomic E-state index is 0.360. The Morgan fingerprint density at radius 2 is 2.25 bits per heavy atom. The van der Waals surface area contributed by atoms with Crippen molar-refractivity contribution in [3.63, 3.8) is 0 Å². The number of nitrogens with zero attached hydrogens (tertiary/aromatic N) is 3. The predicted octanol–water partition coefficient (Wildman–Crippen LogP) is 3.01. The summed E-state index contributed by atoms with van der Waals surface area (Å²) in [6.45, 7) is -0.420. The number of ether oxygens (including phenoxy) is 1. The molecule has 0 unspecified atom stereocenters. The molecule has 122 valence electrons. The average molecular weight is 360 g/mol. The molecule has 0 radical (unpaired) electrons. The number of hydrogen-bond donors (Lipinski definition) is 2. The third-order valence-electron chi connectivity index (χ3n) is 2.97. The van der Waals surface area contributed by atoms with E-state index in [4.69, 9.17) is 22.1 Å². The number of benzene rings is 1. The van der Waals surface area contributed by atoms with Gasteiger partial charge < -0.3 is 9.84 Å². The molecule has 2 heterocycles. The lowest BCUT2D eigenvalue weighted by Gasteiger charge is -2.06. The van der Waals surface area contributed by atoms with Gasteiger partial charge in [-0.05, 0) is 35.8 Å². The number of aliphatic carboxylic acids is 1. The quantitative estimate of drug-likeness (QED) is 0.521. The van der Waals surface area contributed by atoms with Crippen LogP contribution in [0.15, 0.2) is 46.9 Å². The van der Waals surface area contributed by atoms with E-state index < -0.39 is 12.6 Å². The van der Waals surface area contributed by atoms with Gasteiger partial charge in [0.1, 0.15) is 5.75 Å². The maximum atomic E-state index is 10.7. The molecule has 9 heteroatoms. The number of thiophene rings is 1. The molecule has 2 aromatic heterocycles. The predicted molar refractivity (Wildman–Crippen MR) is 93.3 cm³/mol. The lowest BCUT2D eigenvalue weighted by atomic mass is 10.2. The summed E-state index contributed by atoms with van der Waals surface area (Å²) in [5.41, 5.74) is 0.638. The second kappa shape index (κ2) is 7.20. The molecule has 1 aromatic carbocycles. The number of nitrogens with one attached hydrogen (secondary N) is 1. The normalized spacial score (nSPS) is 11.0. The maximum absolute atomic E-state index is 10.7. The highest BCUT2D eigenvalue weighted by Gasteiger charge is 2.09. The molecule has 0 aliphatic heterocycles. The second-order valence-electron chi connectivity index (χ2n) is 4.61. The van der Waals surface area contributed by atoms with E-state index in [1.165, 1.54) is 16.0 Å². The number of H-pyrrole nitrogens is 1. The highest BCUT2D eigenvalue weighted by Crippen LogP contribution is 2.23. The molecule has 0 bridgehead atoms. The van der Waals surface area contributed by atoms with Crippen LogP contribution in [0.3, 0.4) is 0 Å². The molecule has 0 fully saturated rings. The minimum Gasteiger partial charge on any atom is -0.481 e. The lowest BCUT2D eigenvalue weighted by Crippen LogP contribution is -2.10. The number of para-hydroxylation sites is 1. The van der Waals surface area contributed by atoms with Crippen LogP contribution in [-0.2, 0) is 4.79 Å². The van der Waals surface area contributed by atoms with E-state index in [0.29, 0.717) is 21.9 Å². The number of aromatic amines is 1. The Morgan fingerprint density at radius 1 is 1.42 bits per heavy atom. The van der Waals surface area contributed by atoms with Crippen molar-refractivity contribution in [2.75, 3.05) is 6.61 Å². The van der Waals surface area contributed by atoms with Crippen molar-refractivity contribution in [2.24, 2.45) is 5.10 Å². The van der Waals surface area contributed by atoms with Crippen LogP contribution in [0, 0.1) is 4.77 Å². The molecular formula is C15H12N4O3S2. The molecule has 0 saturated heterocycles. The molecule has 0 spiro atoms. The Bertz CT molecular complexity index is 928.